The van der Waals surface area contributed by atoms with Crippen LogP contribution in [0, 0.1) is 5.92 Å². The molecule has 1 aromatic heterocycles. The van der Waals surface area contributed by atoms with Crippen molar-refractivity contribution >= 4 is 16.5 Å². The molecule has 1 aromatic rings. The number of rotatable bonds is 4. The van der Waals surface area contributed by atoms with Crippen LogP contribution in [0.25, 0.3) is 0 Å². The first-order valence-corrected chi connectivity index (χ1v) is 8.66. The summed E-state index contributed by atoms with van der Waals surface area (Å²) in [6, 6.07) is 0. The molecule has 2 heterocycles. The Morgan fingerprint density at radius 3 is 2.65 bits per heavy atom. The lowest BCUT2D eigenvalue weighted by Crippen LogP contribution is -2.16. The van der Waals surface area contributed by atoms with E-state index in [0.29, 0.717) is 5.92 Å². The van der Waals surface area contributed by atoms with Gasteiger partial charge in [0.1, 0.15) is 0 Å². The summed E-state index contributed by atoms with van der Waals surface area (Å²) in [5.41, 5.74) is 0. The minimum absolute atomic E-state index is 0.230. The molecule has 2 aliphatic rings. The highest BCUT2D eigenvalue weighted by atomic mass is 32.1. The number of ether oxygens (including phenoxy) is 1. The third-order valence-corrected chi connectivity index (χ3v) is 5.66. The molecule has 0 aromatic carbocycles. The van der Waals surface area contributed by atoms with Gasteiger partial charge in [0, 0.05) is 25.7 Å². The summed E-state index contributed by atoms with van der Waals surface area (Å²) in [5.74, 6) is 1.43. The van der Waals surface area contributed by atoms with E-state index < -0.39 is 0 Å². The summed E-state index contributed by atoms with van der Waals surface area (Å²) in [6.07, 6.45) is 8.78. The van der Waals surface area contributed by atoms with E-state index in [4.69, 9.17) is 4.74 Å². The highest BCUT2D eigenvalue weighted by Gasteiger charge is 2.23. The zero-order chi connectivity index (χ0) is 13.8. The number of hydrogen-bond acceptors (Lipinski definition) is 5. The molecule has 0 radical (unpaired) electrons. The van der Waals surface area contributed by atoms with Crippen molar-refractivity contribution in [2.24, 2.45) is 5.92 Å². The van der Waals surface area contributed by atoms with Crippen LogP contribution in [0.2, 0.25) is 0 Å². The molecule has 0 spiro atoms. The van der Waals surface area contributed by atoms with Crippen LogP contribution in [0.1, 0.15) is 55.7 Å². The van der Waals surface area contributed by atoms with E-state index in [1.54, 1.807) is 11.3 Å². The highest BCUT2D eigenvalue weighted by Crippen LogP contribution is 2.39. The van der Waals surface area contributed by atoms with Gasteiger partial charge in [-0.2, -0.15) is 4.98 Å². The van der Waals surface area contributed by atoms with E-state index in [2.05, 4.69) is 10.3 Å². The quantitative estimate of drug-likeness (QED) is 0.889. The second kappa shape index (κ2) is 6.76. The Labute approximate surface area is 124 Å². The standard InChI is InChI=1S/C15H24N2O2S/c18-14-13(12-6-8-19-9-7-12)20-15(17-14)16-10-11-4-2-1-3-5-11/h11-12,18H,1-10H2,(H,16,17). The summed E-state index contributed by atoms with van der Waals surface area (Å²) < 4.78 is 5.38. The summed E-state index contributed by atoms with van der Waals surface area (Å²) in [6.45, 7) is 2.60. The highest BCUT2D eigenvalue weighted by molar-refractivity contribution is 7.16. The summed E-state index contributed by atoms with van der Waals surface area (Å²) in [4.78, 5) is 5.33. The first-order chi connectivity index (χ1) is 9.83. The summed E-state index contributed by atoms with van der Waals surface area (Å²) in [7, 11) is 0. The normalized spacial score (nSPS) is 22.0. The van der Waals surface area contributed by atoms with Crippen molar-refractivity contribution in [1.82, 2.24) is 4.98 Å². The van der Waals surface area contributed by atoms with E-state index in [-0.39, 0.29) is 5.88 Å². The zero-order valence-corrected chi connectivity index (χ0v) is 12.8. The molecule has 112 valence electrons. The number of thiazole rings is 1. The molecular formula is C15H24N2O2S. The maximum absolute atomic E-state index is 10.0. The fraction of sp³-hybridized carbons (Fsp3) is 0.800. The number of anilines is 1. The predicted molar refractivity (Wildman–Crippen MR) is 81.6 cm³/mol. The maximum Gasteiger partial charge on any atom is 0.227 e. The van der Waals surface area contributed by atoms with Crippen molar-refractivity contribution in [1.29, 1.82) is 0 Å². The second-order valence-electron chi connectivity index (χ2n) is 5.98. The van der Waals surface area contributed by atoms with Gasteiger partial charge in [-0.15, -0.1) is 0 Å². The third kappa shape index (κ3) is 3.44. The van der Waals surface area contributed by atoms with Gasteiger partial charge in [0.2, 0.25) is 5.88 Å². The topological polar surface area (TPSA) is 54.4 Å². The number of aromatic nitrogens is 1. The molecule has 0 amide bonds. The summed E-state index contributed by atoms with van der Waals surface area (Å²) in [5, 5.41) is 14.4. The molecule has 2 N–H and O–H groups in total. The second-order valence-corrected chi connectivity index (χ2v) is 7.01. The Morgan fingerprint density at radius 2 is 1.90 bits per heavy atom. The van der Waals surface area contributed by atoms with Crippen molar-refractivity contribution in [3.05, 3.63) is 4.88 Å². The van der Waals surface area contributed by atoms with Gasteiger partial charge in [-0.25, -0.2) is 0 Å². The van der Waals surface area contributed by atoms with Gasteiger partial charge in [-0.1, -0.05) is 30.6 Å². The molecule has 5 heteroatoms. The molecule has 4 nitrogen and oxygen atoms in total. The lowest BCUT2D eigenvalue weighted by Gasteiger charge is -2.21. The molecule has 1 aliphatic heterocycles. The average Bonchev–Trinajstić information content (AvgIpc) is 2.88. The average molecular weight is 296 g/mol. The van der Waals surface area contributed by atoms with Crippen LogP contribution in [-0.4, -0.2) is 29.8 Å². The molecule has 0 bridgehead atoms. The monoisotopic (exact) mass is 296 g/mol. The third-order valence-electron chi connectivity index (χ3n) is 4.49. The molecule has 20 heavy (non-hydrogen) atoms. The van der Waals surface area contributed by atoms with E-state index in [1.165, 1.54) is 32.1 Å². The zero-order valence-electron chi connectivity index (χ0n) is 11.9. The molecule has 0 atom stereocenters. The van der Waals surface area contributed by atoms with E-state index in [0.717, 1.165) is 48.5 Å². The van der Waals surface area contributed by atoms with Crippen molar-refractivity contribution in [2.75, 3.05) is 25.1 Å². The largest absolute Gasteiger partial charge is 0.492 e. The van der Waals surface area contributed by atoms with Gasteiger partial charge in [0.15, 0.2) is 5.13 Å². The predicted octanol–water partition coefficient (Wildman–Crippen LogP) is 3.73. The van der Waals surface area contributed by atoms with Gasteiger partial charge in [-0.05, 0) is 31.6 Å². The minimum atomic E-state index is 0.230. The van der Waals surface area contributed by atoms with Crippen LogP contribution in [0.15, 0.2) is 0 Å². The maximum atomic E-state index is 10.0. The fourth-order valence-corrected chi connectivity index (χ4v) is 4.28. The molecule has 3 rings (SSSR count). The lowest BCUT2D eigenvalue weighted by atomic mass is 9.89. The Kier molecular flexibility index (Phi) is 4.78. The number of hydrogen-bond donors (Lipinski definition) is 2. The molecule has 2 fully saturated rings. The minimum Gasteiger partial charge on any atom is -0.492 e. The summed E-state index contributed by atoms with van der Waals surface area (Å²) >= 11 is 1.63. The van der Waals surface area contributed by atoms with Crippen LogP contribution in [0.5, 0.6) is 5.88 Å². The van der Waals surface area contributed by atoms with Crippen molar-refractivity contribution < 1.29 is 9.84 Å². The van der Waals surface area contributed by atoms with Crippen LogP contribution in [0.3, 0.4) is 0 Å². The molecular weight excluding hydrogens is 272 g/mol. The lowest BCUT2D eigenvalue weighted by molar-refractivity contribution is 0.0855. The Balaban J connectivity index is 1.56. The van der Waals surface area contributed by atoms with E-state index in [1.807, 2.05) is 0 Å². The number of nitrogens with zero attached hydrogens (tertiary/aromatic N) is 1. The Morgan fingerprint density at radius 1 is 1.15 bits per heavy atom. The van der Waals surface area contributed by atoms with Gasteiger partial charge >= 0.3 is 0 Å². The van der Waals surface area contributed by atoms with Gasteiger partial charge in [0.05, 0.1) is 4.88 Å². The van der Waals surface area contributed by atoms with Crippen molar-refractivity contribution in [3.63, 3.8) is 0 Å². The Bertz CT molecular complexity index is 424. The first kappa shape index (κ1) is 14.1. The number of aromatic hydroxyl groups is 1. The fourth-order valence-electron chi connectivity index (χ4n) is 3.25. The van der Waals surface area contributed by atoms with Gasteiger partial charge < -0.3 is 15.2 Å². The molecule has 0 unspecified atom stereocenters. The van der Waals surface area contributed by atoms with Crippen LogP contribution in [-0.2, 0) is 4.74 Å². The number of nitrogens with one attached hydrogen (secondary N) is 1. The van der Waals surface area contributed by atoms with Crippen LogP contribution < -0.4 is 5.32 Å². The first-order valence-electron chi connectivity index (χ1n) is 7.84. The van der Waals surface area contributed by atoms with Crippen LogP contribution in [0.4, 0.5) is 5.13 Å². The SMILES string of the molecule is Oc1nc(NCC2CCCCC2)sc1C1CCOCC1. The van der Waals surface area contributed by atoms with Crippen molar-refractivity contribution in [2.45, 2.75) is 50.9 Å². The Hall–Kier alpha value is -0.810. The van der Waals surface area contributed by atoms with E-state index >= 15 is 0 Å². The molecule has 1 saturated heterocycles. The van der Waals surface area contributed by atoms with Crippen LogP contribution >= 0.6 is 11.3 Å². The smallest absolute Gasteiger partial charge is 0.227 e. The van der Waals surface area contributed by atoms with Gasteiger partial charge in [0.25, 0.3) is 0 Å². The molecule has 1 aliphatic carbocycles. The van der Waals surface area contributed by atoms with Gasteiger partial charge in [-0.3, -0.25) is 0 Å². The van der Waals surface area contributed by atoms with Crippen molar-refractivity contribution in [3.8, 4) is 5.88 Å². The molecule has 1 saturated carbocycles. The van der Waals surface area contributed by atoms with E-state index in [9.17, 15) is 5.11 Å².